The van der Waals surface area contributed by atoms with Crippen molar-refractivity contribution in [2.75, 3.05) is 13.7 Å². The minimum Gasteiger partial charge on any atom is -0.380 e. The van der Waals surface area contributed by atoms with E-state index in [4.69, 9.17) is 4.74 Å². The minimum atomic E-state index is 0.694. The molecule has 0 saturated heterocycles. The van der Waals surface area contributed by atoms with Crippen molar-refractivity contribution in [2.45, 2.75) is 27.0 Å². The van der Waals surface area contributed by atoms with E-state index in [0.29, 0.717) is 12.5 Å². The van der Waals surface area contributed by atoms with Crippen molar-refractivity contribution >= 4 is 0 Å². The Morgan fingerprint density at radius 1 is 1.20 bits per heavy atom. The van der Waals surface area contributed by atoms with Gasteiger partial charge in [0.05, 0.1) is 6.61 Å². The van der Waals surface area contributed by atoms with Gasteiger partial charge in [0.2, 0.25) is 0 Å². The molecule has 84 valence electrons. The SMILES string of the molecule is COCc1ccccc1CNCC(C)C. The molecule has 1 aromatic carbocycles. The molecular weight excluding hydrogens is 186 g/mol. The summed E-state index contributed by atoms with van der Waals surface area (Å²) in [5, 5.41) is 3.44. The summed E-state index contributed by atoms with van der Waals surface area (Å²) < 4.78 is 5.17. The van der Waals surface area contributed by atoms with Crippen LogP contribution < -0.4 is 5.32 Å². The Morgan fingerprint density at radius 2 is 1.87 bits per heavy atom. The van der Waals surface area contributed by atoms with Gasteiger partial charge in [-0.15, -0.1) is 0 Å². The Hall–Kier alpha value is -0.860. The molecule has 0 aliphatic carbocycles. The molecule has 0 spiro atoms. The number of rotatable bonds is 6. The highest BCUT2D eigenvalue weighted by atomic mass is 16.5. The highest BCUT2D eigenvalue weighted by Gasteiger charge is 2.01. The molecule has 15 heavy (non-hydrogen) atoms. The second-order valence-electron chi connectivity index (χ2n) is 4.23. The molecule has 1 N–H and O–H groups in total. The molecule has 0 heterocycles. The Labute approximate surface area is 92.6 Å². The fraction of sp³-hybridized carbons (Fsp3) is 0.538. The molecule has 1 aromatic rings. The van der Waals surface area contributed by atoms with Crippen LogP contribution in [-0.2, 0) is 17.9 Å². The monoisotopic (exact) mass is 207 g/mol. The van der Waals surface area contributed by atoms with Crippen LogP contribution in [0.4, 0.5) is 0 Å². The Balaban J connectivity index is 2.51. The molecule has 0 radical (unpaired) electrons. The van der Waals surface area contributed by atoms with E-state index in [0.717, 1.165) is 13.1 Å². The summed E-state index contributed by atoms with van der Waals surface area (Å²) in [6.07, 6.45) is 0. The minimum absolute atomic E-state index is 0.694. The third-order valence-corrected chi connectivity index (χ3v) is 2.29. The van der Waals surface area contributed by atoms with Crippen LogP contribution >= 0.6 is 0 Å². The van der Waals surface area contributed by atoms with Crippen LogP contribution in [0.25, 0.3) is 0 Å². The molecular formula is C13H21NO. The van der Waals surface area contributed by atoms with Gasteiger partial charge in [0.25, 0.3) is 0 Å². The van der Waals surface area contributed by atoms with Crippen molar-refractivity contribution in [3.8, 4) is 0 Å². The van der Waals surface area contributed by atoms with Crippen LogP contribution in [0.3, 0.4) is 0 Å². The lowest BCUT2D eigenvalue weighted by Crippen LogP contribution is -2.19. The zero-order chi connectivity index (χ0) is 11.1. The summed E-state index contributed by atoms with van der Waals surface area (Å²) in [5.74, 6) is 0.694. The molecule has 0 atom stereocenters. The van der Waals surface area contributed by atoms with Crippen molar-refractivity contribution in [3.63, 3.8) is 0 Å². The lowest BCUT2D eigenvalue weighted by Gasteiger charge is -2.11. The van der Waals surface area contributed by atoms with Gasteiger partial charge >= 0.3 is 0 Å². The molecule has 1 rings (SSSR count). The van der Waals surface area contributed by atoms with Gasteiger partial charge in [0, 0.05) is 13.7 Å². The predicted molar refractivity (Wildman–Crippen MR) is 63.7 cm³/mol. The van der Waals surface area contributed by atoms with E-state index in [1.165, 1.54) is 11.1 Å². The molecule has 0 unspecified atom stereocenters. The van der Waals surface area contributed by atoms with Crippen LogP contribution in [0.15, 0.2) is 24.3 Å². The van der Waals surface area contributed by atoms with Crippen LogP contribution in [0.5, 0.6) is 0 Å². The maximum atomic E-state index is 5.17. The highest BCUT2D eigenvalue weighted by molar-refractivity contribution is 5.26. The molecule has 0 aliphatic heterocycles. The summed E-state index contributed by atoms with van der Waals surface area (Å²) in [6.45, 7) is 7.11. The van der Waals surface area contributed by atoms with Gasteiger partial charge in [-0.3, -0.25) is 0 Å². The largest absolute Gasteiger partial charge is 0.380 e. The van der Waals surface area contributed by atoms with Gasteiger partial charge in [-0.1, -0.05) is 38.1 Å². The fourth-order valence-electron chi connectivity index (χ4n) is 1.52. The Morgan fingerprint density at radius 3 is 2.47 bits per heavy atom. The molecule has 2 heteroatoms. The molecule has 2 nitrogen and oxygen atoms in total. The quantitative estimate of drug-likeness (QED) is 0.774. The molecule has 0 amide bonds. The summed E-state index contributed by atoms with van der Waals surface area (Å²) in [4.78, 5) is 0. The van der Waals surface area contributed by atoms with Crippen molar-refractivity contribution in [2.24, 2.45) is 5.92 Å². The molecule has 0 saturated carbocycles. The number of ether oxygens (including phenoxy) is 1. The average molecular weight is 207 g/mol. The van der Waals surface area contributed by atoms with Crippen molar-refractivity contribution in [1.29, 1.82) is 0 Å². The van der Waals surface area contributed by atoms with E-state index < -0.39 is 0 Å². The first-order valence-corrected chi connectivity index (χ1v) is 5.50. The number of methoxy groups -OCH3 is 1. The van der Waals surface area contributed by atoms with Crippen LogP contribution in [0.2, 0.25) is 0 Å². The topological polar surface area (TPSA) is 21.3 Å². The zero-order valence-electron chi connectivity index (χ0n) is 9.92. The zero-order valence-corrected chi connectivity index (χ0v) is 9.92. The average Bonchev–Trinajstić information content (AvgIpc) is 2.20. The molecule has 0 aliphatic rings. The third kappa shape index (κ3) is 4.45. The molecule has 0 bridgehead atoms. The van der Waals surface area contributed by atoms with Gasteiger partial charge in [-0.05, 0) is 23.6 Å². The second-order valence-corrected chi connectivity index (χ2v) is 4.23. The number of hydrogen-bond donors (Lipinski definition) is 1. The van der Waals surface area contributed by atoms with E-state index in [2.05, 4.69) is 43.4 Å². The number of hydrogen-bond acceptors (Lipinski definition) is 2. The first-order chi connectivity index (χ1) is 7.24. The van der Waals surface area contributed by atoms with E-state index in [1.54, 1.807) is 7.11 Å². The Bertz CT molecular complexity index is 284. The summed E-state index contributed by atoms with van der Waals surface area (Å²) in [6, 6.07) is 8.41. The number of benzene rings is 1. The van der Waals surface area contributed by atoms with Gasteiger partial charge in [-0.2, -0.15) is 0 Å². The maximum Gasteiger partial charge on any atom is 0.0716 e. The smallest absolute Gasteiger partial charge is 0.0716 e. The van der Waals surface area contributed by atoms with Crippen molar-refractivity contribution < 1.29 is 4.74 Å². The lowest BCUT2D eigenvalue weighted by molar-refractivity contribution is 0.184. The first-order valence-electron chi connectivity index (χ1n) is 5.50. The van der Waals surface area contributed by atoms with Crippen molar-refractivity contribution in [1.82, 2.24) is 5.32 Å². The second kappa shape index (κ2) is 6.59. The van der Waals surface area contributed by atoms with Gasteiger partial charge in [0.1, 0.15) is 0 Å². The standard InChI is InChI=1S/C13H21NO/c1-11(2)8-14-9-12-6-4-5-7-13(12)10-15-3/h4-7,11,14H,8-10H2,1-3H3. The van der Waals surface area contributed by atoms with Gasteiger partial charge < -0.3 is 10.1 Å². The van der Waals surface area contributed by atoms with Crippen LogP contribution in [0.1, 0.15) is 25.0 Å². The third-order valence-electron chi connectivity index (χ3n) is 2.29. The predicted octanol–water partition coefficient (Wildman–Crippen LogP) is 2.58. The van der Waals surface area contributed by atoms with E-state index >= 15 is 0 Å². The van der Waals surface area contributed by atoms with Crippen molar-refractivity contribution in [3.05, 3.63) is 35.4 Å². The maximum absolute atomic E-state index is 5.17. The van der Waals surface area contributed by atoms with E-state index in [-0.39, 0.29) is 0 Å². The number of nitrogens with one attached hydrogen (secondary N) is 1. The van der Waals surface area contributed by atoms with E-state index in [1.807, 2.05) is 0 Å². The normalized spacial score (nSPS) is 10.9. The van der Waals surface area contributed by atoms with Crippen LogP contribution in [0, 0.1) is 5.92 Å². The summed E-state index contributed by atoms with van der Waals surface area (Å²) in [7, 11) is 1.73. The van der Waals surface area contributed by atoms with Crippen LogP contribution in [-0.4, -0.2) is 13.7 Å². The Kier molecular flexibility index (Phi) is 5.37. The van der Waals surface area contributed by atoms with E-state index in [9.17, 15) is 0 Å². The first kappa shape index (κ1) is 12.2. The van der Waals surface area contributed by atoms with Gasteiger partial charge in [0.15, 0.2) is 0 Å². The summed E-state index contributed by atoms with van der Waals surface area (Å²) >= 11 is 0. The highest BCUT2D eigenvalue weighted by Crippen LogP contribution is 2.09. The summed E-state index contributed by atoms with van der Waals surface area (Å²) in [5.41, 5.74) is 2.61. The van der Waals surface area contributed by atoms with Gasteiger partial charge in [-0.25, -0.2) is 0 Å². The molecule has 0 fully saturated rings. The fourth-order valence-corrected chi connectivity index (χ4v) is 1.52. The lowest BCUT2D eigenvalue weighted by atomic mass is 10.1. The molecule has 0 aromatic heterocycles.